The molecule has 2 N–H and O–H groups in total. The Hall–Kier alpha value is -4.41. The zero-order valence-electron chi connectivity index (χ0n) is 19.6. The van der Waals surface area contributed by atoms with Gasteiger partial charge in [0.2, 0.25) is 12.2 Å². The molecule has 1 amide bonds. The number of hydrogen-bond acceptors (Lipinski definition) is 8. The largest absolute Gasteiger partial charge is 0.478 e. The summed E-state index contributed by atoms with van der Waals surface area (Å²) in [7, 11) is 1.13. The van der Waals surface area contributed by atoms with Gasteiger partial charge in [0.05, 0.1) is 29.5 Å². The third-order valence-electron chi connectivity index (χ3n) is 4.99. The molecular weight excluding hydrogens is 541 g/mol. The van der Waals surface area contributed by atoms with E-state index >= 15 is 0 Å². The fraction of sp³-hybridized carbons (Fsp3) is 0.115. The van der Waals surface area contributed by atoms with Crippen molar-refractivity contribution in [2.24, 2.45) is 0 Å². The van der Waals surface area contributed by atoms with Crippen molar-refractivity contribution in [3.63, 3.8) is 0 Å². The first-order chi connectivity index (χ1) is 18.1. The first kappa shape index (κ1) is 28.2. The summed E-state index contributed by atoms with van der Waals surface area (Å²) >= 11 is 11.6. The summed E-state index contributed by atoms with van der Waals surface area (Å²) in [6.07, 6.45) is -4.46. The summed E-state index contributed by atoms with van der Waals surface area (Å²) in [5.41, 5.74) is -0.253. The van der Waals surface area contributed by atoms with E-state index in [0.717, 1.165) is 7.11 Å². The average Bonchev–Trinajstić information content (AvgIpc) is 2.90. The summed E-state index contributed by atoms with van der Waals surface area (Å²) < 4.78 is 15.0. The number of aliphatic carboxylic acids is 1. The highest BCUT2D eigenvalue weighted by Gasteiger charge is 2.41. The zero-order valence-corrected chi connectivity index (χ0v) is 21.1. The number of carboxylic acid groups (broad SMARTS) is 1. The molecule has 0 radical (unpaired) electrons. The molecule has 12 heteroatoms. The van der Waals surface area contributed by atoms with Crippen molar-refractivity contribution in [3.8, 4) is 0 Å². The number of methoxy groups -OCH3 is 1. The minimum absolute atomic E-state index is 0.0591. The van der Waals surface area contributed by atoms with Gasteiger partial charge in [-0.2, -0.15) is 0 Å². The number of rotatable bonds is 9. The Labute approximate surface area is 226 Å². The van der Waals surface area contributed by atoms with Gasteiger partial charge < -0.3 is 24.6 Å². The molecule has 0 aliphatic heterocycles. The van der Waals surface area contributed by atoms with Crippen molar-refractivity contribution in [3.05, 3.63) is 99.5 Å². The summed E-state index contributed by atoms with van der Waals surface area (Å²) in [4.78, 5) is 63.0. The fourth-order valence-electron chi connectivity index (χ4n) is 3.12. The third kappa shape index (κ3) is 7.09. The molecule has 0 unspecified atom stereocenters. The maximum atomic E-state index is 13.3. The number of para-hydroxylation sites is 1. The number of carbonyl (C=O) groups is 5. The molecule has 0 saturated heterocycles. The Morgan fingerprint density at radius 2 is 1.18 bits per heavy atom. The van der Waals surface area contributed by atoms with Gasteiger partial charge in [-0.15, -0.1) is 0 Å². The van der Waals surface area contributed by atoms with E-state index in [0.29, 0.717) is 10.0 Å². The lowest BCUT2D eigenvalue weighted by atomic mass is 10.1. The average molecular weight is 560 g/mol. The molecule has 38 heavy (non-hydrogen) atoms. The summed E-state index contributed by atoms with van der Waals surface area (Å²) in [5, 5.41) is 12.8. The Kier molecular flexibility index (Phi) is 9.42. The normalized spacial score (nSPS) is 12.0. The van der Waals surface area contributed by atoms with Gasteiger partial charge in [-0.3, -0.25) is 4.79 Å². The standard InChI is InChI=1S/C26H19Cl2NO9/c1-36-26(35)18-4-2-3-5-19(18)29-22(30)20(37-24(33)14-6-10-16(27)11-7-14)21(23(31)32)38-25(34)15-8-12-17(28)13-9-15/h2-13,20-21H,1H3,(H,29,30)(H,31,32)/t20-,21+/m1/s1. The molecule has 2 atom stereocenters. The quantitative estimate of drug-likeness (QED) is 0.290. The number of ether oxygens (including phenoxy) is 3. The van der Waals surface area contributed by atoms with E-state index in [9.17, 15) is 29.1 Å². The molecule has 0 aliphatic rings. The molecule has 3 aromatic rings. The predicted molar refractivity (Wildman–Crippen MR) is 135 cm³/mol. The first-order valence-electron chi connectivity index (χ1n) is 10.7. The summed E-state index contributed by atoms with van der Waals surface area (Å²) in [6, 6.07) is 16.4. The topological polar surface area (TPSA) is 145 Å². The maximum absolute atomic E-state index is 13.3. The number of amides is 1. The third-order valence-corrected chi connectivity index (χ3v) is 5.50. The number of benzene rings is 3. The fourth-order valence-corrected chi connectivity index (χ4v) is 3.37. The van der Waals surface area contributed by atoms with Gasteiger partial charge in [-0.1, -0.05) is 35.3 Å². The van der Waals surface area contributed by atoms with Gasteiger partial charge in [0, 0.05) is 10.0 Å². The van der Waals surface area contributed by atoms with Crippen LogP contribution in [-0.2, 0) is 23.8 Å². The first-order valence-corrected chi connectivity index (χ1v) is 11.5. The van der Waals surface area contributed by atoms with Crippen LogP contribution in [0.15, 0.2) is 72.8 Å². The van der Waals surface area contributed by atoms with E-state index < -0.39 is 42.0 Å². The van der Waals surface area contributed by atoms with Crippen LogP contribution in [0.3, 0.4) is 0 Å². The van der Waals surface area contributed by atoms with Crippen LogP contribution in [0.5, 0.6) is 0 Å². The van der Waals surface area contributed by atoms with Crippen molar-refractivity contribution in [2.75, 3.05) is 12.4 Å². The molecule has 0 aromatic heterocycles. The van der Waals surface area contributed by atoms with Crippen molar-refractivity contribution < 1.29 is 43.3 Å². The summed E-state index contributed by atoms with van der Waals surface area (Å²) in [6.45, 7) is 0. The Morgan fingerprint density at radius 3 is 1.66 bits per heavy atom. The van der Waals surface area contributed by atoms with Crippen LogP contribution < -0.4 is 5.32 Å². The molecule has 10 nitrogen and oxygen atoms in total. The van der Waals surface area contributed by atoms with Crippen LogP contribution in [0.2, 0.25) is 10.0 Å². The Morgan fingerprint density at radius 1 is 0.711 bits per heavy atom. The number of carboxylic acids is 1. The Bertz CT molecular complexity index is 1360. The lowest BCUT2D eigenvalue weighted by Crippen LogP contribution is -2.48. The van der Waals surface area contributed by atoms with E-state index in [1.165, 1.54) is 72.8 Å². The van der Waals surface area contributed by atoms with Gasteiger partial charge in [-0.05, 0) is 60.7 Å². The molecule has 3 aromatic carbocycles. The van der Waals surface area contributed by atoms with Crippen molar-refractivity contribution in [2.45, 2.75) is 12.2 Å². The number of halogens is 2. The zero-order chi connectivity index (χ0) is 27.8. The van der Waals surface area contributed by atoms with Crippen molar-refractivity contribution in [1.29, 1.82) is 0 Å². The van der Waals surface area contributed by atoms with Gasteiger partial charge in [-0.25, -0.2) is 19.2 Å². The molecule has 0 saturated carbocycles. The van der Waals surface area contributed by atoms with Crippen LogP contribution in [0.1, 0.15) is 31.1 Å². The van der Waals surface area contributed by atoms with E-state index in [2.05, 4.69) is 10.1 Å². The van der Waals surface area contributed by atoms with Gasteiger partial charge in [0.25, 0.3) is 5.91 Å². The monoisotopic (exact) mass is 559 g/mol. The second kappa shape index (κ2) is 12.7. The molecular formula is C26H19Cl2NO9. The van der Waals surface area contributed by atoms with Crippen LogP contribution >= 0.6 is 23.2 Å². The molecule has 0 bridgehead atoms. The summed E-state index contributed by atoms with van der Waals surface area (Å²) in [5.74, 6) is -5.99. The predicted octanol–water partition coefficient (Wildman–Crippen LogP) is 4.25. The van der Waals surface area contributed by atoms with Crippen LogP contribution in [0.25, 0.3) is 0 Å². The SMILES string of the molecule is COC(=O)c1ccccc1NC(=O)[C@H](OC(=O)c1ccc(Cl)cc1)[C@H](OC(=O)c1ccc(Cl)cc1)C(=O)O. The number of carbonyl (C=O) groups excluding carboxylic acids is 4. The highest BCUT2D eigenvalue weighted by Crippen LogP contribution is 2.20. The highest BCUT2D eigenvalue weighted by molar-refractivity contribution is 6.31. The maximum Gasteiger partial charge on any atom is 0.349 e. The number of nitrogens with one attached hydrogen (secondary N) is 1. The second-order valence-corrected chi connectivity index (χ2v) is 8.40. The van der Waals surface area contributed by atoms with E-state index in [1.54, 1.807) is 0 Å². The highest BCUT2D eigenvalue weighted by atomic mass is 35.5. The lowest BCUT2D eigenvalue weighted by molar-refractivity contribution is -0.157. The molecule has 0 spiro atoms. The second-order valence-electron chi connectivity index (χ2n) is 7.53. The molecule has 0 aliphatic carbocycles. The molecule has 0 fully saturated rings. The molecule has 196 valence electrons. The van der Waals surface area contributed by atoms with Crippen molar-refractivity contribution >= 4 is 58.7 Å². The van der Waals surface area contributed by atoms with Gasteiger partial charge >= 0.3 is 23.9 Å². The lowest BCUT2D eigenvalue weighted by Gasteiger charge is -2.24. The minimum Gasteiger partial charge on any atom is -0.478 e. The number of esters is 3. The van der Waals surface area contributed by atoms with Crippen LogP contribution in [-0.4, -0.2) is 54.2 Å². The molecule has 0 heterocycles. The van der Waals surface area contributed by atoms with Gasteiger partial charge in [0.1, 0.15) is 0 Å². The van der Waals surface area contributed by atoms with E-state index in [4.69, 9.17) is 32.7 Å². The number of hydrogen-bond donors (Lipinski definition) is 2. The van der Waals surface area contributed by atoms with E-state index in [-0.39, 0.29) is 22.4 Å². The van der Waals surface area contributed by atoms with Gasteiger partial charge in [0.15, 0.2) is 0 Å². The Balaban J connectivity index is 1.96. The molecule has 3 rings (SSSR count). The minimum atomic E-state index is -2.28. The van der Waals surface area contributed by atoms with Crippen molar-refractivity contribution in [1.82, 2.24) is 0 Å². The van der Waals surface area contributed by atoms with Crippen LogP contribution in [0.4, 0.5) is 5.69 Å². The smallest absolute Gasteiger partial charge is 0.349 e. The number of anilines is 1. The van der Waals surface area contributed by atoms with E-state index in [1.807, 2.05) is 0 Å². The van der Waals surface area contributed by atoms with Crippen LogP contribution in [0, 0.1) is 0 Å².